The molecule has 0 heterocycles. The second-order valence-electron chi connectivity index (χ2n) is 4.50. The van der Waals surface area contributed by atoms with Crippen molar-refractivity contribution >= 4 is 5.91 Å². The number of hydrogen-bond acceptors (Lipinski definition) is 4. The van der Waals surface area contributed by atoms with Crippen LogP contribution in [0.25, 0.3) is 0 Å². The summed E-state index contributed by atoms with van der Waals surface area (Å²) in [6, 6.07) is 8.95. The van der Waals surface area contributed by atoms with Gasteiger partial charge in [-0.25, -0.2) is 4.39 Å². The molecular formula is C16H16FNO4. The lowest BCUT2D eigenvalue weighted by atomic mass is 10.1. The molecular weight excluding hydrogens is 289 g/mol. The zero-order chi connectivity index (χ0) is 16.1. The number of carbonyl (C=O) groups is 1. The Morgan fingerprint density at radius 3 is 2.45 bits per heavy atom. The molecule has 2 aromatic rings. The summed E-state index contributed by atoms with van der Waals surface area (Å²) < 4.78 is 24.0. The maximum atomic E-state index is 14.0. The first-order valence-corrected chi connectivity index (χ1v) is 6.53. The number of nitrogens with one attached hydrogen (secondary N) is 1. The highest BCUT2D eigenvalue weighted by Crippen LogP contribution is 2.29. The Kier molecular flexibility index (Phi) is 4.83. The molecule has 0 aromatic heterocycles. The van der Waals surface area contributed by atoms with Crippen molar-refractivity contribution in [2.45, 2.75) is 6.54 Å². The zero-order valence-corrected chi connectivity index (χ0v) is 12.2. The lowest BCUT2D eigenvalue weighted by molar-refractivity contribution is 0.0946. The molecule has 6 heteroatoms. The van der Waals surface area contributed by atoms with Crippen LogP contribution in [0.5, 0.6) is 17.2 Å². The molecule has 0 aliphatic rings. The Labute approximate surface area is 127 Å². The van der Waals surface area contributed by atoms with Gasteiger partial charge >= 0.3 is 0 Å². The Bertz CT molecular complexity index is 688. The van der Waals surface area contributed by atoms with E-state index in [9.17, 15) is 14.3 Å². The number of phenols is 1. The van der Waals surface area contributed by atoms with Gasteiger partial charge in [0.25, 0.3) is 5.91 Å². The van der Waals surface area contributed by atoms with Gasteiger partial charge in [-0.2, -0.15) is 0 Å². The minimum Gasteiger partial charge on any atom is -0.508 e. The molecule has 2 N–H and O–H groups in total. The van der Waals surface area contributed by atoms with E-state index in [1.165, 1.54) is 26.4 Å². The third-order valence-corrected chi connectivity index (χ3v) is 3.15. The van der Waals surface area contributed by atoms with E-state index in [1.807, 2.05) is 0 Å². The van der Waals surface area contributed by atoms with Crippen LogP contribution in [0.1, 0.15) is 15.9 Å². The standard InChI is InChI=1S/C16H16FNO4/c1-21-14-7-11(12(17)8-15(14)22-2)16(20)18-9-10-5-3-4-6-13(10)19/h3-8,19H,9H2,1-2H3,(H,18,20). The predicted molar refractivity (Wildman–Crippen MR) is 78.8 cm³/mol. The fraction of sp³-hybridized carbons (Fsp3) is 0.188. The Morgan fingerprint density at radius 2 is 1.82 bits per heavy atom. The van der Waals surface area contributed by atoms with Gasteiger partial charge in [0.05, 0.1) is 19.8 Å². The largest absolute Gasteiger partial charge is 0.508 e. The van der Waals surface area contributed by atoms with E-state index in [4.69, 9.17) is 9.47 Å². The van der Waals surface area contributed by atoms with Gasteiger partial charge in [-0.3, -0.25) is 4.79 Å². The number of methoxy groups -OCH3 is 2. The zero-order valence-electron chi connectivity index (χ0n) is 12.2. The van der Waals surface area contributed by atoms with Crippen molar-refractivity contribution in [1.29, 1.82) is 0 Å². The Hall–Kier alpha value is -2.76. The third kappa shape index (κ3) is 3.28. The van der Waals surface area contributed by atoms with Crippen LogP contribution < -0.4 is 14.8 Å². The first-order chi connectivity index (χ1) is 10.6. The fourth-order valence-electron chi connectivity index (χ4n) is 1.96. The molecule has 0 radical (unpaired) electrons. The highest BCUT2D eigenvalue weighted by atomic mass is 19.1. The summed E-state index contributed by atoms with van der Waals surface area (Å²) in [5.74, 6) is -0.793. The van der Waals surface area contributed by atoms with E-state index >= 15 is 0 Å². The van der Waals surface area contributed by atoms with Crippen LogP contribution >= 0.6 is 0 Å². The average molecular weight is 305 g/mol. The average Bonchev–Trinajstić information content (AvgIpc) is 2.53. The van der Waals surface area contributed by atoms with Crippen LogP contribution in [0, 0.1) is 5.82 Å². The van der Waals surface area contributed by atoms with Crippen molar-refractivity contribution in [3.63, 3.8) is 0 Å². The fourth-order valence-corrected chi connectivity index (χ4v) is 1.96. The van der Waals surface area contributed by atoms with E-state index in [2.05, 4.69) is 5.32 Å². The van der Waals surface area contributed by atoms with Gasteiger partial charge in [0, 0.05) is 18.2 Å². The van der Waals surface area contributed by atoms with Crippen LogP contribution in [0.2, 0.25) is 0 Å². The van der Waals surface area contributed by atoms with Crippen molar-refractivity contribution in [2.75, 3.05) is 14.2 Å². The highest BCUT2D eigenvalue weighted by Gasteiger charge is 2.17. The van der Waals surface area contributed by atoms with Crippen LogP contribution in [0.15, 0.2) is 36.4 Å². The van der Waals surface area contributed by atoms with Gasteiger partial charge in [-0.1, -0.05) is 18.2 Å². The number of carbonyl (C=O) groups excluding carboxylic acids is 1. The molecule has 2 aromatic carbocycles. The summed E-state index contributed by atoms with van der Waals surface area (Å²) in [5.41, 5.74) is 0.379. The molecule has 22 heavy (non-hydrogen) atoms. The molecule has 0 atom stereocenters. The number of phenolic OH excluding ortho intramolecular Hbond substituents is 1. The third-order valence-electron chi connectivity index (χ3n) is 3.15. The molecule has 0 unspecified atom stereocenters. The van der Waals surface area contributed by atoms with Gasteiger partial charge < -0.3 is 19.9 Å². The van der Waals surface area contributed by atoms with E-state index < -0.39 is 11.7 Å². The molecule has 2 rings (SSSR count). The maximum absolute atomic E-state index is 14.0. The van der Waals surface area contributed by atoms with Gasteiger partial charge in [0.1, 0.15) is 11.6 Å². The molecule has 0 spiro atoms. The summed E-state index contributed by atoms with van der Waals surface area (Å²) in [4.78, 5) is 12.1. The molecule has 1 amide bonds. The number of halogens is 1. The van der Waals surface area contributed by atoms with Crippen LogP contribution in [0.4, 0.5) is 4.39 Å². The van der Waals surface area contributed by atoms with Crippen molar-refractivity contribution in [2.24, 2.45) is 0 Å². The number of amides is 1. The lowest BCUT2D eigenvalue weighted by Gasteiger charge is -2.11. The summed E-state index contributed by atoms with van der Waals surface area (Å²) in [6.07, 6.45) is 0. The molecule has 0 saturated carbocycles. The van der Waals surface area contributed by atoms with Gasteiger partial charge in [0.15, 0.2) is 11.5 Å². The quantitative estimate of drug-likeness (QED) is 0.890. The summed E-state index contributed by atoms with van der Waals surface area (Å²) in [5, 5.41) is 12.2. The number of hydrogen-bond donors (Lipinski definition) is 2. The Morgan fingerprint density at radius 1 is 1.18 bits per heavy atom. The van der Waals surface area contributed by atoms with E-state index in [0.717, 1.165) is 6.07 Å². The topological polar surface area (TPSA) is 67.8 Å². The van der Waals surface area contributed by atoms with Crippen LogP contribution in [0.3, 0.4) is 0 Å². The minimum absolute atomic E-state index is 0.0654. The van der Waals surface area contributed by atoms with Gasteiger partial charge in [-0.05, 0) is 12.1 Å². The van der Waals surface area contributed by atoms with Crippen molar-refractivity contribution in [3.8, 4) is 17.2 Å². The normalized spacial score (nSPS) is 10.1. The lowest BCUT2D eigenvalue weighted by Crippen LogP contribution is -2.24. The SMILES string of the molecule is COc1cc(F)c(C(=O)NCc2ccccc2O)cc1OC. The maximum Gasteiger partial charge on any atom is 0.254 e. The number of rotatable bonds is 5. The van der Waals surface area contributed by atoms with E-state index in [1.54, 1.807) is 18.2 Å². The first-order valence-electron chi connectivity index (χ1n) is 6.53. The molecule has 0 saturated heterocycles. The van der Waals surface area contributed by atoms with Crippen LogP contribution in [-0.2, 0) is 6.54 Å². The van der Waals surface area contributed by atoms with Crippen LogP contribution in [-0.4, -0.2) is 25.2 Å². The monoisotopic (exact) mass is 305 g/mol. The van der Waals surface area contributed by atoms with E-state index in [-0.39, 0.29) is 29.4 Å². The number of aromatic hydroxyl groups is 1. The molecule has 0 fully saturated rings. The first kappa shape index (κ1) is 15.6. The number of para-hydroxylation sites is 1. The summed E-state index contributed by atoms with van der Waals surface area (Å²) >= 11 is 0. The predicted octanol–water partition coefficient (Wildman–Crippen LogP) is 2.48. The van der Waals surface area contributed by atoms with E-state index in [0.29, 0.717) is 5.56 Å². The van der Waals surface area contributed by atoms with Crippen molar-refractivity contribution < 1.29 is 23.8 Å². The molecule has 116 valence electrons. The van der Waals surface area contributed by atoms with Crippen molar-refractivity contribution in [3.05, 3.63) is 53.3 Å². The number of benzene rings is 2. The second-order valence-corrected chi connectivity index (χ2v) is 4.50. The summed E-state index contributed by atoms with van der Waals surface area (Å²) in [7, 11) is 2.79. The molecule has 0 bridgehead atoms. The minimum atomic E-state index is -0.715. The van der Waals surface area contributed by atoms with Gasteiger partial charge in [-0.15, -0.1) is 0 Å². The number of ether oxygens (including phenoxy) is 2. The molecule has 0 aliphatic heterocycles. The highest BCUT2D eigenvalue weighted by molar-refractivity contribution is 5.95. The van der Waals surface area contributed by atoms with Gasteiger partial charge in [0.2, 0.25) is 0 Å². The van der Waals surface area contributed by atoms with Crippen molar-refractivity contribution in [1.82, 2.24) is 5.32 Å². The second kappa shape index (κ2) is 6.80. The Balaban J connectivity index is 2.18. The molecule has 5 nitrogen and oxygen atoms in total. The summed E-state index contributed by atoms with van der Waals surface area (Å²) in [6.45, 7) is 0.0826. The molecule has 0 aliphatic carbocycles. The smallest absolute Gasteiger partial charge is 0.254 e.